The van der Waals surface area contributed by atoms with Gasteiger partial charge in [0.15, 0.2) is 0 Å². The van der Waals surface area contributed by atoms with Crippen molar-refractivity contribution in [3.63, 3.8) is 0 Å². The average Bonchev–Trinajstić information content (AvgIpc) is 2.60. The molecular formula is C13H12ClNO2S. The number of benzene rings is 1. The number of thiophene rings is 1. The van der Waals surface area contributed by atoms with Crippen LogP contribution in [0.25, 0.3) is 10.1 Å². The van der Waals surface area contributed by atoms with E-state index >= 15 is 0 Å². The van der Waals surface area contributed by atoms with Gasteiger partial charge in [0.25, 0.3) is 0 Å². The lowest BCUT2D eigenvalue weighted by Gasteiger charge is -2.36. The third kappa shape index (κ3) is 2.00. The zero-order chi connectivity index (χ0) is 12.7. The number of carboxylic acid groups (broad SMARTS) is 1. The molecule has 0 amide bonds. The van der Waals surface area contributed by atoms with E-state index in [-0.39, 0.29) is 5.92 Å². The molecule has 1 aromatic carbocycles. The Kier molecular flexibility index (Phi) is 3.01. The number of carbonyl (C=O) groups is 1. The van der Waals surface area contributed by atoms with Crippen LogP contribution in [-0.4, -0.2) is 29.1 Å². The third-order valence-corrected chi connectivity index (χ3v) is 4.97. The maximum atomic E-state index is 10.7. The monoisotopic (exact) mass is 281 g/mol. The second-order valence-electron chi connectivity index (χ2n) is 4.56. The van der Waals surface area contributed by atoms with Gasteiger partial charge in [0, 0.05) is 34.6 Å². The lowest BCUT2D eigenvalue weighted by molar-refractivity contribution is -0.147. The van der Waals surface area contributed by atoms with Crippen molar-refractivity contribution in [3.05, 3.63) is 34.2 Å². The van der Waals surface area contributed by atoms with Crippen LogP contribution in [0, 0.1) is 5.92 Å². The number of carboxylic acids is 1. The van der Waals surface area contributed by atoms with Gasteiger partial charge in [-0.2, -0.15) is 0 Å². The molecule has 1 fully saturated rings. The zero-order valence-corrected chi connectivity index (χ0v) is 11.2. The number of nitrogens with zero attached hydrogens (tertiary/aromatic N) is 1. The van der Waals surface area contributed by atoms with Crippen LogP contribution in [0.2, 0.25) is 5.02 Å². The molecule has 1 N–H and O–H groups in total. The summed E-state index contributed by atoms with van der Waals surface area (Å²) in [6.07, 6.45) is 0. The van der Waals surface area contributed by atoms with E-state index in [0.717, 1.165) is 21.8 Å². The van der Waals surface area contributed by atoms with Gasteiger partial charge in [-0.1, -0.05) is 29.8 Å². The van der Waals surface area contributed by atoms with Crippen molar-refractivity contribution in [2.45, 2.75) is 6.54 Å². The number of hydrogen-bond acceptors (Lipinski definition) is 3. The quantitative estimate of drug-likeness (QED) is 0.940. The lowest BCUT2D eigenvalue weighted by Crippen LogP contribution is -2.49. The first-order valence-electron chi connectivity index (χ1n) is 5.76. The van der Waals surface area contributed by atoms with E-state index in [1.165, 1.54) is 4.70 Å². The van der Waals surface area contributed by atoms with Gasteiger partial charge in [0.05, 0.1) is 10.9 Å². The summed E-state index contributed by atoms with van der Waals surface area (Å²) in [6, 6.07) is 8.07. The molecule has 5 heteroatoms. The summed E-state index contributed by atoms with van der Waals surface area (Å²) in [5, 5.41) is 10.7. The molecule has 0 atom stereocenters. The minimum absolute atomic E-state index is 0.210. The highest BCUT2D eigenvalue weighted by atomic mass is 35.5. The first kappa shape index (κ1) is 12.0. The molecule has 1 aliphatic heterocycles. The van der Waals surface area contributed by atoms with E-state index in [9.17, 15) is 4.79 Å². The third-order valence-electron chi connectivity index (χ3n) is 3.28. The highest BCUT2D eigenvalue weighted by Crippen LogP contribution is 2.36. The van der Waals surface area contributed by atoms with Crippen molar-refractivity contribution in [1.82, 2.24) is 4.90 Å². The van der Waals surface area contributed by atoms with Crippen molar-refractivity contribution in [2.75, 3.05) is 13.1 Å². The average molecular weight is 282 g/mol. The molecule has 0 bridgehead atoms. The molecule has 0 spiro atoms. The lowest BCUT2D eigenvalue weighted by atomic mass is 10.0. The number of fused-ring (bicyclic) bond motifs is 1. The Morgan fingerprint density at radius 2 is 2.17 bits per heavy atom. The summed E-state index contributed by atoms with van der Waals surface area (Å²) < 4.78 is 1.19. The second-order valence-corrected chi connectivity index (χ2v) is 6.08. The molecule has 1 aliphatic rings. The number of rotatable bonds is 3. The molecule has 2 aromatic rings. The van der Waals surface area contributed by atoms with E-state index in [0.29, 0.717) is 13.1 Å². The molecule has 2 heterocycles. The van der Waals surface area contributed by atoms with Crippen LogP contribution in [-0.2, 0) is 11.3 Å². The normalized spacial score (nSPS) is 16.9. The van der Waals surface area contributed by atoms with Gasteiger partial charge in [-0.15, -0.1) is 11.3 Å². The van der Waals surface area contributed by atoms with Crippen LogP contribution in [0.3, 0.4) is 0 Å². The summed E-state index contributed by atoms with van der Waals surface area (Å²) in [6.45, 7) is 2.00. The van der Waals surface area contributed by atoms with Crippen molar-refractivity contribution in [2.24, 2.45) is 5.92 Å². The molecule has 0 radical (unpaired) electrons. The molecule has 1 saturated heterocycles. The van der Waals surface area contributed by atoms with Crippen molar-refractivity contribution in [1.29, 1.82) is 0 Å². The minimum Gasteiger partial charge on any atom is -0.481 e. The summed E-state index contributed by atoms with van der Waals surface area (Å²) in [7, 11) is 0. The van der Waals surface area contributed by atoms with Gasteiger partial charge in [0.1, 0.15) is 0 Å². The Hall–Kier alpha value is -1.10. The molecule has 18 heavy (non-hydrogen) atoms. The van der Waals surface area contributed by atoms with Crippen molar-refractivity contribution in [3.8, 4) is 0 Å². The van der Waals surface area contributed by atoms with E-state index in [4.69, 9.17) is 16.7 Å². The Labute approximate surface area is 114 Å². The number of likely N-dealkylation sites (tertiary alicyclic amines) is 1. The van der Waals surface area contributed by atoms with E-state index in [2.05, 4.69) is 11.0 Å². The van der Waals surface area contributed by atoms with Gasteiger partial charge in [-0.25, -0.2) is 0 Å². The Balaban J connectivity index is 1.76. The van der Waals surface area contributed by atoms with Crippen LogP contribution in [0.1, 0.15) is 4.88 Å². The van der Waals surface area contributed by atoms with E-state index < -0.39 is 5.97 Å². The molecule has 0 saturated carbocycles. The van der Waals surface area contributed by atoms with E-state index in [1.54, 1.807) is 11.3 Å². The summed E-state index contributed by atoms with van der Waals surface area (Å²) >= 11 is 8.04. The fourth-order valence-electron chi connectivity index (χ4n) is 2.22. The molecule has 94 valence electrons. The molecule has 0 aliphatic carbocycles. The molecular weight excluding hydrogens is 270 g/mol. The molecule has 1 aromatic heterocycles. The van der Waals surface area contributed by atoms with Gasteiger partial charge >= 0.3 is 5.97 Å². The number of hydrogen-bond donors (Lipinski definition) is 1. The molecule has 3 nitrogen and oxygen atoms in total. The maximum Gasteiger partial charge on any atom is 0.309 e. The van der Waals surface area contributed by atoms with Crippen LogP contribution < -0.4 is 0 Å². The van der Waals surface area contributed by atoms with Gasteiger partial charge < -0.3 is 5.11 Å². The van der Waals surface area contributed by atoms with Crippen molar-refractivity contribution < 1.29 is 9.90 Å². The Bertz CT molecular complexity index is 604. The summed E-state index contributed by atoms with van der Waals surface area (Å²) in [4.78, 5) is 14.0. The fraction of sp³-hybridized carbons (Fsp3) is 0.308. The van der Waals surface area contributed by atoms with Gasteiger partial charge in [0.2, 0.25) is 0 Å². The standard InChI is InChI=1S/C13H12ClNO2S/c14-12-9-3-1-2-4-10(9)18-11(12)7-15-5-8(6-15)13(16)17/h1-4,8H,5-7H2,(H,16,17). The first-order chi connectivity index (χ1) is 8.65. The van der Waals surface area contributed by atoms with Gasteiger partial charge in [-0.05, 0) is 6.07 Å². The number of aliphatic carboxylic acids is 1. The predicted octanol–water partition coefficient (Wildman–Crippen LogP) is 3.07. The fourth-order valence-corrected chi connectivity index (χ4v) is 3.76. The smallest absolute Gasteiger partial charge is 0.309 e. The van der Waals surface area contributed by atoms with E-state index in [1.807, 2.05) is 18.2 Å². The maximum absolute atomic E-state index is 10.7. The first-order valence-corrected chi connectivity index (χ1v) is 6.95. The SMILES string of the molecule is O=C(O)C1CN(Cc2sc3ccccc3c2Cl)C1. The van der Waals surface area contributed by atoms with Gasteiger partial charge in [-0.3, -0.25) is 9.69 Å². The number of halogens is 1. The largest absolute Gasteiger partial charge is 0.481 e. The minimum atomic E-state index is -0.700. The van der Waals surface area contributed by atoms with Crippen LogP contribution in [0.4, 0.5) is 0 Å². The highest BCUT2D eigenvalue weighted by molar-refractivity contribution is 7.19. The van der Waals surface area contributed by atoms with Crippen LogP contribution in [0.15, 0.2) is 24.3 Å². The Morgan fingerprint density at radius 1 is 1.44 bits per heavy atom. The Morgan fingerprint density at radius 3 is 2.83 bits per heavy atom. The second kappa shape index (κ2) is 4.53. The summed E-state index contributed by atoms with van der Waals surface area (Å²) in [5.74, 6) is -0.910. The topological polar surface area (TPSA) is 40.5 Å². The summed E-state index contributed by atoms with van der Waals surface area (Å²) in [5.41, 5.74) is 0. The van der Waals surface area contributed by atoms with Crippen molar-refractivity contribution >= 4 is 39.0 Å². The molecule has 3 rings (SSSR count). The molecule has 0 unspecified atom stereocenters. The zero-order valence-electron chi connectivity index (χ0n) is 9.60. The van der Waals surface area contributed by atoms with Crippen LogP contribution >= 0.6 is 22.9 Å². The van der Waals surface area contributed by atoms with Crippen LogP contribution in [0.5, 0.6) is 0 Å². The highest BCUT2D eigenvalue weighted by Gasteiger charge is 2.32. The predicted molar refractivity (Wildman–Crippen MR) is 73.2 cm³/mol.